The van der Waals surface area contributed by atoms with E-state index in [2.05, 4.69) is 15.4 Å². The highest BCUT2D eigenvalue weighted by Gasteiger charge is 2.22. The van der Waals surface area contributed by atoms with Gasteiger partial charge in [-0.25, -0.2) is 19.7 Å². The number of carbonyl (C=O) groups excluding carboxylic acids is 2. The Bertz CT molecular complexity index is 2430. The molecule has 4 aromatic heterocycles. The van der Waals surface area contributed by atoms with E-state index in [0.29, 0.717) is 89.4 Å². The third-order valence-electron chi connectivity index (χ3n) is 8.84. The number of hydrogen-bond acceptors (Lipinski definition) is 11. The maximum Gasteiger partial charge on any atom is 0.404 e. The summed E-state index contributed by atoms with van der Waals surface area (Å²) in [5.41, 5.74) is 22.1. The molecule has 0 aliphatic rings. The van der Waals surface area contributed by atoms with Crippen LogP contribution < -0.4 is 32.0 Å². The van der Waals surface area contributed by atoms with Crippen LogP contribution in [0.1, 0.15) is 46.2 Å². The number of aryl methyl sites for hydroxylation is 2. The van der Waals surface area contributed by atoms with Crippen LogP contribution in [0, 0.1) is 6.92 Å². The second-order valence-electron chi connectivity index (χ2n) is 12.7. The number of aromatic nitrogens is 7. The molecule has 0 atom stereocenters. The van der Waals surface area contributed by atoms with Crippen LogP contribution in [0.3, 0.4) is 0 Å². The molecule has 0 aliphatic carbocycles. The molecule has 0 bridgehead atoms. The van der Waals surface area contributed by atoms with Crippen LogP contribution in [0.2, 0.25) is 0 Å². The molecule has 0 saturated carbocycles. The van der Waals surface area contributed by atoms with E-state index in [4.69, 9.17) is 46.5 Å². The lowest BCUT2D eigenvalue weighted by molar-refractivity contribution is 0.0991. The number of anilines is 1. The first-order valence-electron chi connectivity index (χ1n) is 17.6. The lowest BCUT2D eigenvalue weighted by Gasteiger charge is -2.13. The maximum absolute atomic E-state index is 12.5. The molecule has 18 heteroatoms. The molecule has 3 amide bonds. The second-order valence-corrected chi connectivity index (χ2v) is 12.7. The number of hydrogen-bond donors (Lipinski definition) is 5. The minimum absolute atomic E-state index is 0.155. The molecule has 4 heterocycles. The number of amides is 3. The molecule has 0 unspecified atom stereocenters. The fraction of sp³-hybridized carbons (Fsp3) is 0.324. The van der Waals surface area contributed by atoms with Crippen molar-refractivity contribution in [3.63, 3.8) is 0 Å². The summed E-state index contributed by atoms with van der Waals surface area (Å²) in [5, 5.41) is 17.1. The first kappa shape index (κ1) is 38.0. The van der Waals surface area contributed by atoms with Gasteiger partial charge >= 0.3 is 6.09 Å². The molecule has 0 spiro atoms. The van der Waals surface area contributed by atoms with Crippen molar-refractivity contribution in [2.24, 2.45) is 11.5 Å². The Morgan fingerprint density at radius 2 is 1.55 bits per heavy atom. The number of rotatable bonds is 18. The van der Waals surface area contributed by atoms with Crippen molar-refractivity contribution in [2.75, 3.05) is 39.2 Å². The fourth-order valence-corrected chi connectivity index (χ4v) is 6.37. The molecular weight excluding hydrogens is 710 g/mol. The Morgan fingerprint density at radius 1 is 0.873 bits per heavy atom. The van der Waals surface area contributed by atoms with Gasteiger partial charge in [-0.2, -0.15) is 5.10 Å². The zero-order valence-electron chi connectivity index (χ0n) is 30.7. The van der Waals surface area contributed by atoms with E-state index in [1.165, 1.54) is 6.07 Å². The number of allylic oxidation sites excluding steroid dienone is 2. The largest absolute Gasteiger partial charge is 0.491 e. The van der Waals surface area contributed by atoms with Gasteiger partial charge in [0.25, 0.3) is 0 Å². The van der Waals surface area contributed by atoms with Crippen LogP contribution in [0.4, 0.5) is 10.7 Å². The number of fused-ring (bicyclic) bond motifs is 4. The summed E-state index contributed by atoms with van der Waals surface area (Å²) in [6.07, 6.45) is 5.45. The summed E-state index contributed by atoms with van der Waals surface area (Å²) in [6, 6.07) is 8.36. The predicted octanol–water partition coefficient (Wildman–Crippen LogP) is 3.61. The van der Waals surface area contributed by atoms with Crippen molar-refractivity contribution in [2.45, 2.75) is 46.3 Å². The molecule has 8 N–H and O–H groups in total. The third-order valence-corrected chi connectivity index (χ3v) is 8.84. The van der Waals surface area contributed by atoms with Crippen molar-refractivity contribution in [1.29, 1.82) is 0 Å². The number of nitrogens with two attached hydrogens (primary N) is 3. The highest BCUT2D eigenvalue weighted by atomic mass is 16.5. The third kappa shape index (κ3) is 8.13. The van der Waals surface area contributed by atoms with E-state index in [-0.39, 0.29) is 36.8 Å². The number of primary amides is 2. The Balaban J connectivity index is 1.40. The minimum atomic E-state index is -1.13. The Labute approximate surface area is 314 Å². The predicted molar refractivity (Wildman–Crippen MR) is 205 cm³/mol. The number of carboxylic acid groups (broad SMARTS) is 1. The number of nitrogens with one attached hydrogen (secondary N) is 1. The Kier molecular flexibility index (Phi) is 11.4. The van der Waals surface area contributed by atoms with E-state index >= 15 is 0 Å². The highest BCUT2D eigenvalue weighted by Crippen LogP contribution is 2.37. The van der Waals surface area contributed by atoms with Crippen molar-refractivity contribution >= 4 is 56.8 Å². The molecule has 0 radical (unpaired) electrons. The summed E-state index contributed by atoms with van der Waals surface area (Å²) in [5.74, 6) is 0.192. The molecule has 2 aromatic carbocycles. The van der Waals surface area contributed by atoms with Gasteiger partial charge in [-0.1, -0.05) is 12.2 Å². The van der Waals surface area contributed by atoms with Gasteiger partial charge in [-0.05, 0) is 50.6 Å². The first-order valence-corrected chi connectivity index (χ1v) is 17.6. The molecule has 0 saturated heterocycles. The molecule has 6 rings (SSSR count). The number of nitrogen functional groups attached to an aromatic ring is 1. The summed E-state index contributed by atoms with van der Waals surface area (Å²) in [4.78, 5) is 49.6. The lowest BCUT2D eigenvalue weighted by atomic mass is 10.1. The van der Waals surface area contributed by atoms with Crippen molar-refractivity contribution < 1.29 is 33.7 Å². The van der Waals surface area contributed by atoms with Crippen LogP contribution in [0.25, 0.3) is 44.5 Å². The van der Waals surface area contributed by atoms with Gasteiger partial charge in [0.2, 0.25) is 17.8 Å². The van der Waals surface area contributed by atoms with E-state index in [1.807, 2.05) is 41.3 Å². The molecule has 288 valence electrons. The van der Waals surface area contributed by atoms with Crippen molar-refractivity contribution in [3.05, 3.63) is 65.5 Å². The first-order chi connectivity index (χ1) is 26.5. The highest BCUT2D eigenvalue weighted by molar-refractivity contribution is 6.11. The maximum atomic E-state index is 12.5. The minimum Gasteiger partial charge on any atom is -0.491 e. The Morgan fingerprint density at radius 3 is 2.22 bits per heavy atom. The van der Waals surface area contributed by atoms with Crippen molar-refractivity contribution in [1.82, 2.24) is 39.2 Å². The van der Waals surface area contributed by atoms with E-state index in [1.54, 1.807) is 36.1 Å². The van der Waals surface area contributed by atoms with Gasteiger partial charge in [0, 0.05) is 74.4 Å². The quantitative estimate of drug-likeness (QED) is 0.0623. The number of benzene rings is 2. The smallest absolute Gasteiger partial charge is 0.404 e. The molecule has 55 heavy (non-hydrogen) atoms. The molecule has 0 fully saturated rings. The van der Waals surface area contributed by atoms with Gasteiger partial charge < -0.3 is 51.0 Å². The number of nitrogens with zero attached hydrogens (tertiary/aromatic N) is 7. The number of carbonyl (C=O) groups is 3. The van der Waals surface area contributed by atoms with Crippen LogP contribution in [0.5, 0.6) is 11.5 Å². The van der Waals surface area contributed by atoms with Crippen LogP contribution in [-0.2, 0) is 24.4 Å². The van der Waals surface area contributed by atoms with E-state index < -0.39 is 17.9 Å². The standard InChI is InChI=1S/C37H43N11O7/c1-4-48-27(15-21(2)45-48)34-42-20-25-24-16-22(32(38)49)18-28(55-14-8-12-53-3)30(24)46(35(25)44-34)10-5-6-11-47-31-26(43-36(47)40)17-23(33(39)50)19-29(31)54-13-7-9-41-37(51)52/h5-6,15-20,41H,4,7-14H2,1-3H3,(H2,38,49)(H2,39,50)(H2,40,43)(H,51,52). The molecule has 6 aromatic rings. The van der Waals surface area contributed by atoms with Gasteiger partial charge in [0.1, 0.15) is 28.4 Å². The van der Waals surface area contributed by atoms with Crippen LogP contribution in [-0.4, -0.2) is 90.4 Å². The van der Waals surface area contributed by atoms with Crippen LogP contribution in [0.15, 0.2) is 48.7 Å². The average molecular weight is 754 g/mol. The zero-order valence-corrected chi connectivity index (χ0v) is 30.7. The molecular formula is C37H43N11O7. The normalized spacial score (nSPS) is 11.6. The number of imidazole rings is 1. The van der Waals surface area contributed by atoms with Crippen molar-refractivity contribution in [3.8, 4) is 23.0 Å². The summed E-state index contributed by atoms with van der Waals surface area (Å²) >= 11 is 0. The van der Waals surface area contributed by atoms with Crippen LogP contribution >= 0.6 is 0 Å². The number of ether oxygens (including phenoxy) is 3. The lowest BCUT2D eigenvalue weighted by Crippen LogP contribution is -2.23. The zero-order chi connectivity index (χ0) is 39.2. The second kappa shape index (κ2) is 16.5. The van der Waals surface area contributed by atoms with E-state index in [9.17, 15) is 14.4 Å². The monoisotopic (exact) mass is 753 g/mol. The van der Waals surface area contributed by atoms with Gasteiger partial charge in [-0.15, -0.1) is 0 Å². The summed E-state index contributed by atoms with van der Waals surface area (Å²) in [6.45, 7) is 6.29. The van der Waals surface area contributed by atoms with Gasteiger partial charge in [0.15, 0.2) is 5.82 Å². The summed E-state index contributed by atoms with van der Waals surface area (Å²) < 4.78 is 23.1. The van der Waals surface area contributed by atoms with Gasteiger partial charge in [-0.3, -0.25) is 14.3 Å². The average Bonchev–Trinajstić information content (AvgIpc) is 3.80. The fourth-order valence-electron chi connectivity index (χ4n) is 6.37. The SMILES string of the molecule is CCn1nc(C)cc1-c1ncc2c3cc(C(N)=O)cc(OCCCOC)c3n(CC=CCn3c(N)nc4cc(C(N)=O)cc(OCCCNC(=O)O)c43)c2n1. The number of methoxy groups -OCH3 is 1. The van der Waals surface area contributed by atoms with Gasteiger partial charge in [0.05, 0.1) is 29.9 Å². The van der Waals surface area contributed by atoms with E-state index in [0.717, 1.165) is 11.4 Å². The topological polar surface area (TPSA) is 256 Å². The molecule has 0 aliphatic heterocycles. The molecule has 18 nitrogen and oxygen atoms in total. The Hall–Kier alpha value is -6.69. The summed E-state index contributed by atoms with van der Waals surface area (Å²) in [7, 11) is 1.62.